The number of amides is 1. The highest BCUT2D eigenvalue weighted by Crippen LogP contribution is 2.04. The van der Waals surface area contributed by atoms with Gasteiger partial charge in [0.2, 0.25) is 5.91 Å². The summed E-state index contributed by atoms with van der Waals surface area (Å²) in [6, 6.07) is 3.58. The van der Waals surface area contributed by atoms with Crippen LogP contribution < -0.4 is 16.0 Å². The van der Waals surface area contributed by atoms with E-state index >= 15 is 0 Å². The number of aromatic nitrogens is 1. The van der Waals surface area contributed by atoms with Crippen molar-refractivity contribution < 1.29 is 13.2 Å². The summed E-state index contributed by atoms with van der Waals surface area (Å²) in [5, 5.41) is 8.85. The van der Waals surface area contributed by atoms with Crippen LogP contribution >= 0.6 is 0 Å². The van der Waals surface area contributed by atoms with Crippen molar-refractivity contribution in [3.05, 3.63) is 23.9 Å². The lowest BCUT2D eigenvalue weighted by Gasteiger charge is -2.17. The van der Waals surface area contributed by atoms with E-state index in [1.807, 2.05) is 19.9 Å². The normalized spacial score (nSPS) is 13.2. The number of carbonyl (C=O) groups is 1. The van der Waals surface area contributed by atoms with Crippen LogP contribution in [0.3, 0.4) is 0 Å². The molecule has 1 amide bonds. The summed E-state index contributed by atoms with van der Waals surface area (Å²) in [7, 11) is -1.36. The highest BCUT2D eigenvalue weighted by atomic mass is 32.2. The Balaban J connectivity index is 2.32. The van der Waals surface area contributed by atoms with Gasteiger partial charge in [-0.15, -0.1) is 0 Å². The Bertz CT molecular complexity index is 686. The number of aliphatic imine (C=N–C) groups is 1. The quantitative estimate of drug-likeness (QED) is 0.459. The van der Waals surface area contributed by atoms with Gasteiger partial charge in [0.1, 0.15) is 15.7 Å². The van der Waals surface area contributed by atoms with E-state index in [-0.39, 0.29) is 24.1 Å². The van der Waals surface area contributed by atoms with Crippen molar-refractivity contribution in [2.75, 3.05) is 30.9 Å². The number of hydrogen-bond acceptors (Lipinski definition) is 5. The third-order valence-corrected chi connectivity index (χ3v) is 4.33. The van der Waals surface area contributed by atoms with Gasteiger partial charge in [0.15, 0.2) is 5.96 Å². The van der Waals surface area contributed by atoms with Crippen LogP contribution in [-0.4, -0.2) is 56.9 Å². The summed E-state index contributed by atoms with van der Waals surface area (Å²) >= 11 is 0. The van der Waals surface area contributed by atoms with Crippen LogP contribution in [-0.2, 0) is 14.6 Å². The molecule has 8 nitrogen and oxygen atoms in total. The van der Waals surface area contributed by atoms with Crippen LogP contribution in [0.25, 0.3) is 0 Å². The molecule has 1 aromatic heterocycles. The molecule has 25 heavy (non-hydrogen) atoms. The van der Waals surface area contributed by atoms with Gasteiger partial charge in [-0.1, -0.05) is 6.07 Å². The fraction of sp³-hybridized carbons (Fsp3) is 0.562. The number of rotatable bonds is 8. The Hall–Kier alpha value is -2.16. The molecular formula is C16H27N5O3S. The van der Waals surface area contributed by atoms with Gasteiger partial charge in [-0.3, -0.25) is 9.79 Å². The van der Waals surface area contributed by atoms with E-state index < -0.39 is 9.84 Å². The number of guanidine groups is 1. The Morgan fingerprint density at radius 1 is 1.36 bits per heavy atom. The Labute approximate surface area is 149 Å². The van der Waals surface area contributed by atoms with E-state index in [4.69, 9.17) is 0 Å². The summed E-state index contributed by atoms with van der Waals surface area (Å²) < 4.78 is 22.4. The minimum Gasteiger partial charge on any atom is -0.356 e. The largest absolute Gasteiger partial charge is 0.356 e. The standard InChI is InChI=1S/C16H27N5O3S/c1-12-5-6-14(19-11-12)21-15(22)7-9-18-16(17-3)20-13(2)8-10-25(4,23)24/h5-6,11,13H,7-10H2,1-4H3,(H2,17,18,20)(H,19,21,22). The van der Waals surface area contributed by atoms with Gasteiger partial charge in [-0.05, 0) is 31.9 Å². The molecule has 1 aromatic rings. The van der Waals surface area contributed by atoms with Gasteiger partial charge in [-0.25, -0.2) is 13.4 Å². The number of nitrogens with zero attached hydrogens (tertiary/aromatic N) is 2. The highest BCUT2D eigenvalue weighted by Gasteiger charge is 2.10. The van der Waals surface area contributed by atoms with E-state index in [1.54, 1.807) is 19.3 Å². The maximum atomic E-state index is 11.9. The van der Waals surface area contributed by atoms with Crippen molar-refractivity contribution in [1.82, 2.24) is 15.6 Å². The molecule has 3 N–H and O–H groups in total. The van der Waals surface area contributed by atoms with Crippen molar-refractivity contribution in [1.29, 1.82) is 0 Å². The van der Waals surface area contributed by atoms with Gasteiger partial charge in [-0.2, -0.15) is 0 Å². The van der Waals surface area contributed by atoms with Crippen LogP contribution in [0.4, 0.5) is 5.82 Å². The zero-order valence-corrected chi connectivity index (χ0v) is 16.0. The molecule has 0 bridgehead atoms. The molecule has 1 rings (SSSR count). The average molecular weight is 369 g/mol. The topological polar surface area (TPSA) is 113 Å². The van der Waals surface area contributed by atoms with Crippen molar-refractivity contribution in [2.45, 2.75) is 32.7 Å². The van der Waals surface area contributed by atoms with Crippen molar-refractivity contribution in [3.8, 4) is 0 Å². The molecule has 0 aliphatic carbocycles. The fourth-order valence-electron chi connectivity index (χ4n) is 1.93. The van der Waals surface area contributed by atoms with Crippen LogP contribution in [0.2, 0.25) is 0 Å². The van der Waals surface area contributed by atoms with Crippen LogP contribution in [0.15, 0.2) is 23.3 Å². The van der Waals surface area contributed by atoms with Gasteiger partial charge >= 0.3 is 0 Å². The fourth-order valence-corrected chi connectivity index (χ4v) is 2.71. The molecule has 0 fully saturated rings. The average Bonchev–Trinajstić information content (AvgIpc) is 2.53. The van der Waals surface area contributed by atoms with E-state index in [0.29, 0.717) is 24.7 Å². The van der Waals surface area contributed by atoms with Gasteiger partial charge in [0, 0.05) is 38.5 Å². The van der Waals surface area contributed by atoms with Crippen LogP contribution in [0.5, 0.6) is 0 Å². The lowest BCUT2D eigenvalue weighted by atomic mass is 10.3. The zero-order valence-electron chi connectivity index (χ0n) is 15.2. The number of aryl methyl sites for hydroxylation is 1. The molecule has 0 aliphatic heterocycles. The first-order valence-electron chi connectivity index (χ1n) is 8.07. The second-order valence-corrected chi connectivity index (χ2v) is 8.24. The molecule has 0 aromatic carbocycles. The van der Waals surface area contributed by atoms with Crippen molar-refractivity contribution in [3.63, 3.8) is 0 Å². The predicted molar refractivity (Wildman–Crippen MR) is 101 cm³/mol. The molecule has 1 heterocycles. The molecular weight excluding hydrogens is 342 g/mol. The smallest absolute Gasteiger partial charge is 0.227 e. The minimum atomic E-state index is -2.98. The number of hydrogen-bond donors (Lipinski definition) is 3. The second kappa shape index (κ2) is 9.97. The molecule has 0 spiro atoms. The Morgan fingerprint density at radius 2 is 2.08 bits per heavy atom. The molecule has 9 heteroatoms. The summed E-state index contributed by atoms with van der Waals surface area (Å²) in [5.74, 6) is 1.02. The van der Waals surface area contributed by atoms with Crippen molar-refractivity contribution in [2.24, 2.45) is 4.99 Å². The second-order valence-electron chi connectivity index (χ2n) is 5.98. The maximum Gasteiger partial charge on any atom is 0.227 e. The first-order valence-corrected chi connectivity index (χ1v) is 10.1. The molecule has 0 saturated carbocycles. The van der Waals surface area contributed by atoms with Crippen LogP contribution in [0.1, 0.15) is 25.3 Å². The molecule has 0 saturated heterocycles. The third-order valence-electron chi connectivity index (χ3n) is 3.35. The van der Waals surface area contributed by atoms with Gasteiger partial charge in [0.25, 0.3) is 0 Å². The SMILES string of the molecule is CN=C(NCCC(=O)Nc1ccc(C)cn1)NC(C)CCS(C)(=O)=O. The van der Waals surface area contributed by atoms with E-state index in [2.05, 4.69) is 25.9 Å². The highest BCUT2D eigenvalue weighted by molar-refractivity contribution is 7.90. The summed E-state index contributed by atoms with van der Waals surface area (Å²) in [6.07, 6.45) is 3.65. The monoisotopic (exact) mass is 369 g/mol. The first-order chi connectivity index (χ1) is 11.7. The number of nitrogens with one attached hydrogen (secondary N) is 3. The van der Waals surface area contributed by atoms with Crippen LogP contribution in [0, 0.1) is 6.92 Å². The van der Waals surface area contributed by atoms with Gasteiger partial charge in [0.05, 0.1) is 5.75 Å². The predicted octanol–water partition coefficient (Wildman–Crippen LogP) is 0.707. The van der Waals surface area contributed by atoms with E-state index in [1.165, 1.54) is 6.26 Å². The lowest BCUT2D eigenvalue weighted by molar-refractivity contribution is -0.116. The minimum absolute atomic E-state index is 0.0495. The zero-order chi connectivity index (χ0) is 18.9. The number of carbonyl (C=O) groups excluding carboxylic acids is 1. The van der Waals surface area contributed by atoms with Crippen molar-refractivity contribution >= 4 is 27.5 Å². The summed E-state index contributed by atoms with van der Waals surface area (Å²) in [4.78, 5) is 20.1. The molecule has 1 atom stereocenters. The Kier molecular flexibility index (Phi) is 8.33. The number of sulfone groups is 1. The first kappa shape index (κ1) is 20.9. The summed E-state index contributed by atoms with van der Waals surface area (Å²) in [6.45, 7) is 4.21. The number of pyridine rings is 1. The van der Waals surface area contributed by atoms with E-state index in [9.17, 15) is 13.2 Å². The molecule has 1 unspecified atom stereocenters. The third kappa shape index (κ3) is 9.65. The van der Waals surface area contributed by atoms with Gasteiger partial charge < -0.3 is 16.0 Å². The lowest BCUT2D eigenvalue weighted by Crippen LogP contribution is -2.43. The molecule has 0 radical (unpaired) electrons. The maximum absolute atomic E-state index is 11.9. The Morgan fingerprint density at radius 3 is 2.64 bits per heavy atom. The molecule has 140 valence electrons. The summed E-state index contributed by atoms with van der Waals surface area (Å²) in [5.41, 5.74) is 1.03. The van der Waals surface area contributed by atoms with E-state index in [0.717, 1.165) is 5.56 Å². The molecule has 0 aliphatic rings. The number of anilines is 1.